The van der Waals surface area contributed by atoms with Crippen molar-refractivity contribution in [3.8, 4) is 0 Å². The second kappa shape index (κ2) is 6.75. The fraction of sp³-hybridized carbons (Fsp3) is 0.467. The molecular formula is C15H20O3S. The first-order chi connectivity index (χ1) is 8.93. The SMILES string of the molecule is CCOC(=O)C(C)(C)C(=O)c1ccc(SCC)cc1. The van der Waals surface area contributed by atoms with Gasteiger partial charge in [-0.1, -0.05) is 19.1 Å². The Morgan fingerprint density at radius 1 is 1.16 bits per heavy atom. The number of thioether (sulfide) groups is 1. The molecule has 0 N–H and O–H groups in total. The molecule has 0 spiro atoms. The van der Waals surface area contributed by atoms with Crippen molar-refractivity contribution in [3.05, 3.63) is 29.8 Å². The third kappa shape index (κ3) is 3.83. The van der Waals surface area contributed by atoms with E-state index in [1.54, 1.807) is 44.7 Å². The van der Waals surface area contributed by atoms with E-state index in [9.17, 15) is 9.59 Å². The quantitative estimate of drug-likeness (QED) is 0.346. The summed E-state index contributed by atoms with van der Waals surface area (Å²) in [5, 5.41) is 0. The number of ether oxygens (including phenoxy) is 1. The van der Waals surface area contributed by atoms with Gasteiger partial charge in [0.05, 0.1) is 6.61 Å². The van der Waals surface area contributed by atoms with Crippen LogP contribution in [0.4, 0.5) is 0 Å². The zero-order valence-electron chi connectivity index (χ0n) is 11.9. The van der Waals surface area contributed by atoms with Gasteiger partial charge in [-0.3, -0.25) is 9.59 Å². The molecule has 0 aliphatic rings. The van der Waals surface area contributed by atoms with Gasteiger partial charge in [-0.05, 0) is 38.7 Å². The fourth-order valence-electron chi connectivity index (χ4n) is 1.63. The Morgan fingerprint density at radius 2 is 1.74 bits per heavy atom. The molecule has 3 nitrogen and oxygen atoms in total. The first-order valence-electron chi connectivity index (χ1n) is 6.38. The molecule has 1 aromatic carbocycles. The highest BCUT2D eigenvalue weighted by molar-refractivity contribution is 7.99. The average Bonchev–Trinajstić information content (AvgIpc) is 2.39. The lowest BCUT2D eigenvalue weighted by atomic mass is 9.84. The molecule has 4 heteroatoms. The minimum absolute atomic E-state index is 0.209. The van der Waals surface area contributed by atoms with Crippen molar-refractivity contribution >= 4 is 23.5 Å². The van der Waals surface area contributed by atoms with Crippen molar-refractivity contribution < 1.29 is 14.3 Å². The first-order valence-corrected chi connectivity index (χ1v) is 7.37. The van der Waals surface area contributed by atoms with E-state index in [1.807, 2.05) is 12.1 Å². The molecule has 0 saturated heterocycles. The molecule has 0 radical (unpaired) electrons. The van der Waals surface area contributed by atoms with Gasteiger partial charge in [0.2, 0.25) is 0 Å². The Hall–Kier alpha value is -1.29. The van der Waals surface area contributed by atoms with Gasteiger partial charge in [-0.15, -0.1) is 11.8 Å². The second-order valence-corrected chi connectivity index (χ2v) is 5.97. The Bertz CT molecular complexity index is 449. The van der Waals surface area contributed by atoms with Crippen molar-refractivity contribution in [1.29, 1.82) is 0 Å². The van der Waals surface area contributed by atoms with Crippen LogP contribution in [-0.2, 0) is 9.53 Å². The molecule has 0 aliphatic heterocycles. The monoisotopic (exact) mass is 280 g/mol. The molecule has 104 valence electrons. The van der Waals surface area contributed by atoms with Gasteiger partial charge < -0.3 is 4.74 Å². The molecule has 0 aliphatic carbocycles. The van der Waals surface area contributed by atoms with Crippen LogP contribution in [0.25, 0.3) is 0 Å². The number of hydrogen-bond acceptors (Lipinski definition) is 4. The molecule has 0 fully saturated rings. The lowest BCUT2D eigenvalue weighted by Gasteiger charge is -2.20. The normalized spacial score (nSPS) is 11.2. The van der Waals surface area contributed by atoms with E-state index in [1.165, 1.54) is 0 Å². The summed E-state index contributed by atoms with van der Waals surface area (Å²) < 4.78 is 4.95. The Kier molecular flexibility index (Phi) is 5.60. The van der Waals surface area contributed by atoms with Crippen LogP contribution < -0.4 is 0 Å². The molecule has 0 heterocycles. The third-order valence-corrected chi connectivity index (χ3v) is 3.68. The summed E-state index contributed by atoms with van der Waals surface area (Å²) in [7, 11) is 0. The largest absolute Gasteiger partial charge is 0.465 e. The highest BCUT2D eigenvalue weighted by Crippen LogP contribution is 2.25. The summed E-state index contributed by atoms with van der Waals surface area (Å²) in [6.45, 7) is 7.29. The van der Waals surface area contributed by atoms with E-state index in [0.717, 1.165) is 10.6 Å². The van der Waals surface area contributed by atoms with E-state index in [-0.39, 0.29) is 12.4 Å². The molecule has 0 bridgehead atoms. The highest BCUT2D eigenvalue weighted by atomic mass is 32.2. The van der Waals surface area contributed by atoms with E-state index in [4.69, 9.17) is 4.74 Å². The van der Waals surface area contributed by atoms with E-state index in [2.05, 4.69) is 6.92 Å². The summed E-state index contributed by atoms with van der Waals surface area (Å²) >= 11 is 1.71. The van der Waals surface area contributed by atoms with Crippen LogP contribution in [-0.4, -0.2) is 24.1 Å². The number of esters is 1. The van der Waals surface area contributed by atoms with Crippen LogP contribution in [0.3, 0.4) is 0 Å². The summed E-state index contributed by atoms with van der Waals surface area (Å²) in [5.74, 6) is 0.299. The van der Waals surface area contributed by atoms with Gasteiger partial charge in [0, 0.05) is 10.5 Å². The van der Waals surface area contributed by atoms with Gasteiger partial charge in [0.25, 0.3) is 0 Å². The van der Waals surface area contributed by atoms with Gasteiger partial charge in [0.15, 0.2) is 5.78 Å². The molecular weight excluding hydrogens is 260 g/mol. The van der Waals surface area contributed by atoms with Crippen molar-refractivity contribution in [3.63, 3.8) is 0 Å². The fourth-order valence-corrected chi connectivity index (χ4v) is 2.30. The minimum Gasteiger partial charge on any atom is -0.465 e. The minimum atomic E-state index is -1.14. The number of benzene rings is 1. The molecule has 1 rings (SSSR count). The van der Waals surface area contributed by atoms with E-state index < -0.39 is 11.4 Å². The maximum absolute atomic E-state index is 12.3. The summed E-state index contributed by atoms with van der Waals surface area (Å²) in [4.78, 5) is 25.3. The standard InChI is InChI=1S/C15H20O3S/c1-5-18-14(17)15(3,4)13(16)11-7-9-12(10-8-11)19-6-2/h7-10H,5-6H2,1-4H3. The second-order valence-electron chi connectivity index (χ2n) is 4.63. The predicted octanol–water partition coefficient (Wildman–Crippen LogP) is 3.57. The molecule has 0 atom stereocenters. The molecule has 19 heavy (non-hydrogen) atoms. The van der Waals surface area contributed by atoms with Crippen molar-refractivity contribution in [2.75, 3.05) is 12.4 Å². The van der Waals surface area contributed by atoms with E-state index >= 15 is 0 Å². The Balaban J connectivity index is 2.90. The van der Waals surface area contributed by atoms with E-state index in [0.29, 0.717) is 5.56 Å². The number of Topliss-reactive ketones (excluding diaryl/α,β-unsaturated/α-hetero) is 1. The number of carbonyl (C=O) groups is 2. The molecule has 0 unspecified atom stereocenters. The smallest absolute Gasteiger partial charge is 0.319 e. The van der Waals surface area contributed by atoms with Gasteiger partial charge in [-0.2, -0.15) is 0 Å². The van der Waals surface area contributed by atoms with Crippen LogP contribution in [0.5, 0.6) is 0 Å². The molecule has 0 saturated carbocycles. The summed E-state index contributed by atoms with van der Waals surface area (Å²) in [6.07, 6.45) is 0. The van der Waals surface area contributed by atoms with Crippen molar-refractivity contribution in [1.82, 2.24) is 0 Å². The molecule has 0 amide bonds. The Morgan fingerprint density at radius 3 is 2.21 bits per heavy atom. The lowest BCUT2D eigenvalue weighted by Crippen LogP contribution is -2.35. The Labute approximate surface area is 118 Å². The topological polar surface area (TPSA) is 43.4 Å². The van der Waals surface area contributed by atoms with Crippen LogP contribution in [0.15, 0.2) is 29.2 Å². The maximum atomic E-state index is 12.3. The molecule has 1 aromatic rings. The number of ketones is 1. The zero-order chi connectivity index (χ0) is 14.5. The van der Waals surface area contributed by atoms with Crippen LogP contribution in [0.1, 0.15) is 38.1 Å². The number of hydrogen-bond donors (Lipinski definition) is 0. The van der Waals surface area contributed by atoms with Crippen LogP contribution in [0, 0.1) is 5.41 Å². The molecule has 0 aromatic heterocycles. The average molecular weight is 280 g/mol. The van der Waals surface area contributed by atoms with Crippen LogP contribution in [0.2, 0.25) is 0 Å². The van der Waals surface area contributed by atoms with Gasteiger partial charge >= 0.3 is 5.97 Å². The third-order valence-electron chi connectivity index (χ3n) is 2.78. The first kappa shape index (κ1) is 15.8. The number of rotatable bonds is 6. The van der Waals surface area contributed by atoms with Crippen molar-refractivity contribution in [2.45, 2.75) is 32.6 Å². The van der Waals surface area contributed by atoms with Gasteiger partial charge in [-0.25, -0.2) is 0 Å². The summed E-state index contributed by atoms with van der Waals surface area (Å²) in [5.41, 5.74) is -0.603. The summed E-state index contributed by atoms with van der Waals surface area (Å²) in [6, 6.07) is 7.34. The number of carbonyl (C=O) groups excluding carboxylic acids is 2. The maximum Gasteiger partial charge on any atom is 0.319 e. The lowest BCUT2D eigenvalue weighted by molar-refractivity contribution is -0.150. The van der Waals surface area contributed by atoms with Crippen molar-refractivity contribution in [2.24, 2.45) is 5.41 Å². The zero-order valence-corrected chi connectivity index (χ0v) is 12.7. The predicted molar refractivity (Wildman–Crippen MR) is 77.6 cm³/mol. The van der Waals surface area contributed by atoms with Crippen LogP contribution >= 0.6 is 11.8 Å². The highest BCUT2D eigenvalue weighted by Gasteiger charge is 2.37. The van der Waals surface area contributed by atoms with Gasteiger partial charge in [0.1, 0.15) is 5.41 Å².